The molecule has 1 aromatic heterocycles. The van der Waals surface area contributed by atoms with Gasteiger partial charge in [-0.05, 0) is 49.0 Å². The standard InChI is InChI=1S/C17H30N4O2S2.HI/c1-13(2)14-6-8-15(9-7-14)21-17(18-3)19-10-11-20-25(22,23)16-5-4-12-24-16;/h4-5,12-15,20H,6-11H2,1-3H3,(H2,18,19,21);1H. The van der Waals surface area contributed by atoms with Crippen LogP contribution in [0, 0.1) is 11.8 Å². The SMILES string of the molecule is CN=C(NCCNS(=O)(=O)c1cccs1)NC1CCC(C(C)C)CC1.I. The maximum atomic E-state index is 12.0. The van der Waals surface area contributed by atoms with Gasteiger partial charge in [0.1, 0.15) is 4.21 Å². The molecule has 1 saturated carbocycles. The molecule has 0 amide bonds. The lowest BCUT2D eigenvalue weighted by molar-refractivity contribution is 0.250. The zero-order chi connectivity index (χ0) is 18.3. The van der Waals surface area contributed by atoms with Crippen molar-refractivity contribution in [3.63, 3.8) is 0 Å². The maximum absolute atomic E-state index is 12.0. The molecule has 6 nitrogen and oxygen atoms in total. The molecule has 0 bridgehead atoms. The van der Waals surface area contributed by atoms with Crippen molar-refractivity contribution in [3.8, 4) is 0 Å². The molecule has 150 valence electrons. The highest BCUT2D eigenvalue weighted by molar-refractivity contribution is 14.0. The lowest BCUT2D eigenvalue weighted by Crippen LogP contribution is -2.46. The van der Waals surface area contributed by atoms with Crippen molar-refractivity contribution in [2.75, 3.05) is 20.1 Å². The van der Waals surface area contributed by atoms with Crippen LogP contribution in [0.15, 0.2) is 26.7 Å². The first kappa shape index (κ1) is 23.6. The Kier molecular flexibility index (Phi) is 10.4. The predicted octanol–water partition coefficient (Wildman–Crippen LogP) is 3.02. The smallest absolute Gasteiger partial charge is 0.250 e. The van der Waals surface area contributed by atoms with Crippen LogP contribution in [0.25, 0.3) is 0 Å². The molecule has 1 aromatic rings. The second-order valence-electron chi connectivity index (χ2n) is 6.83. The summed E-state index contributed by atoms with van der Waals surface area (Å²) in [6, 6.07) is 3.79. The molecule has 0 unspecified atom stereocenters. The summed E-state index contributed by atoms with van der Waals surface area (Å²) < 4.78 is 27.0. The fourth-order valence-electron chi connectivity index (χ4n) is 3.17. The molecule has 0 aliphatic heterocycles. The van der Waals surface area contributed by atoms with E-state index >= 15 is 0 Å². The van der Waals surface area contributed by atoms with Gasteiger partial charge in [0, 0.05) is 26.2 Å². The van der Waals surface area contributed by atoms with Crippen LogP contribution >= 0.6 is 35.3 Å². The van der Waals surface area contributed by atoms with E-state index in [9.17, 15) is 8.42 Å². The van der Waals surface area contributed by atoms with Crippen LogP contribution in [0.4, 0.5) is 0 Å². The molecule has 2 rings (SSSR count). The zero-order valence-corrected chi connectivity index (χ0v) is 19.7. The summed E-state index contributed by atoms with van der Waals surface area (Å²) >= 11 is 1.22. The molecule has 1 aliphatic rings. The monoisotopic (exact) mass is 514 g/mol. The molecular weight excluding hydrogens is 483 g/mol. The van der Waals surface area contributed by atoms with Crippen molar-refractivity contribution in [1.29, 1.82) is 0 Å². The summed E-state index contributed by atoms with van der Waals surface area (Å²) in [4.78, 5) is 4.24. The Morgan fingerprint density at radius 3 is 2.50 bits per heavy atom. The highest BCUT2D eigenvalue weighted by Crippen LogP contribution is 2.29. The normalized spacial score (nSPS) is 21.3. The molecule has 1 aliphatic carbocycles. The van der Waals surface area contributed by atoms with Gasteiger partial charge in [-0.3, -0.25) is 4.99 Å². The Morgan fingerprint density at radius 1 is 1.27 bits per heavy atom. The van der Waals surface area contributed by atoms with Gasteiger partial charge >= 0.3 is 0 Å². The number of halogens is 1. The number of hydrogen-bond acceptors (Lipinski definition) is 4. The van der Waals surface area contributed by atoms with Gasteiger partial charge in [0.15, 0.2) is 5.96 Å². The summed E-state index contributed by atoms with van der Waals surface area (Å²) in [6.07, 6.45) is 4.84. The van der Waals surface area contributed by atoms with Gasteiger partial charge < -0.3 is 10.6 Å². The van der Waals surface area contributed by atoms with Crippen LogP contribution < -0.4 is 15.4 Å². The highest BCUT2D eigenvalue weighted by atomic mass is 127. The number of sulfonamides is 1. The summed E-state index contributed by atoms with van der Waals surface area (Å²) in [5, 5.41) is 8.39. The molecule has 0 radical (unpaired) electrons. The molecule has 0 atom stereocenters. The van der Waals surface area contributed by atoms with Gasteiger partial charge in [-0.2, -0.15) is 0 Å². The number of nitrogens with one attached hydrogen (secondary N) is 3. The lowest BCUT2D eigenvalue weighted by Gasteiger charge is -2.32. The first-order valence-electron chi connectivity index (χ1n) is 8.92. The average molecular weight is 514 g/mol. The van der Waals surface area contributed by atoms with Gasteiger partial charge in [0.25, 0.3) is 0 Å². The molecule has 9 heteroatoms. The summed E-state index contributed by atoms with van der Waals surface area (Å²) in [5.41, 5.74) is 0. The van der Waals surface area contributed by atoms with E-state index in [0.717, 1.165) is 30.6 Å². The minimum absolute atomic E-state index is 0. The molecule has 26 heavy (non-hydrogen) atoms. The van der Waals surface area contributed by atoms with E-state index in [-0.39, 0.29) is 24.0 Å². The number of guanidine groups is 1. The van der Waals surface area contributed by atoms with Gasteiger partial charge in [-0.25, -0.2) is 13.1 Å². The third-order valence-electron chi connectivity index (χ3n) is 4.75. The van der Waals surface area contributed by atoms with E-state index in [1.807, 2.05) is 0 Å². The topological polar surface area (TPSA) is 82.6 Å². The summed E-state index contributed by atoms with van der Waals surface area (Å²) in [7, 11) is -1.65. The summed E-state index contributed by atoms with van der Waals surface area (Å²) in [5.74, 6) is 2.33. The van der Waals surface area contributed by atoms with Crippen molar-refractivity contribution in [3.05, 3.63) is 17.5 Å². The van der Waals surface area contributed by atoms with Crippen LogP contribution in [0.1, 0.15) is 39.5 Å². The van der Waals surface area contributed by atoms with E-state index < -0.39 is 10.0 Å². The number of rotatable bonds is 7. The van der Waals surface area contributed by atoms with E-state index in [2.05, 4.69) is 34.2 Å². The molecule has 0 aromatic carbocycles. The third kappa shape index (κ3) is 7.32. The fraction of sp³-hybridized carbons (Fsp3) is 0.706. The van der Waals surface area contributed by atoms with E-state index in [1.54, 1.807) is 24.6 Å². The Balaban J connectivity index is 0.00000338. The Bertz CT molecular complexity index is 640. The maximum Gasteiger partial charge on any atom is 0.250 e. The largest absolute Gasteiger partial charge is 0.355 e. The van der Waals surface area contributed by atoms with Gasteiger partial charge in [-0.1, -0.05) is 19.9 Å². The van der Waals surface area contributed by atoms with E-state index in [0.29, 0.717) is 23.3 Å². The lowest BCUT2D eigenvalue weighted by atomic mass is 9.80. The molecule has 1 heterocycles. The van der Waals surface area contributed by atoms with Crippen LogP contribution in [0.3, 0.4) is 0 Å². The highest BCUT2D eigenvalue weighted by Gasteiger charge is 2.23. The van der Waals surface area contributed by atoms with Crippen molar-refractivity contribution in [2.24, 2.45) is 16.8 Å². The Labute approximate surface area is 178 Å². The van der Waals surface area contributed by atoms with E-state index in [4.69, 9.17) is 0 Å². The van der Waals surface area contributed by atoms with Crippen LogP contribution in [-0.4, -0.2) is 40.6 Å². The molecule has 3 N–H and O–H groups in total. The Hall–Kier alpha value is -0.390. The summed E-state index contributed by atoms with van der Waals surface area (Å²) in [6.45, 7) is 5.42. The minimum atomic E-state index is -3.39. The van der Waals surface area contributed by atoms with Crippen molar-refractivity contribution in [2.45, 2.75) is 49.8 Å². The minimum Gasteiger partial charge on any atom is -0.355 e. The molecule has 1 fully saturated rings. The average Bonchev–Trinajstić information content (AvgIpc) is 3.13. The fourth-order valence-corrected chi connectivity index (χ4v) is 5.24. The van der Waals surface area contributed by atoms with Crippen molar-refractivity contribution >= 4 is 51.3 Å². The van der Waals surface area contributed by atoms with Gasteiger partial charge in [-0.15, -0.1) is 35.3 Å². The van der Waals surface area contributed by atoms with Crippen LogP contribution in [0.5, 0.6) is 0 Å². The number of nitrogens with zero attached hydrogens (tertiary/aromatic N) is 1. The zero-order valence-electron chi connectivity index (χ0n) is 15.7. The van der Waals surface area contributed by atoms with Crippen molar-refractivity contribution in [1.82, 2.24) is 15.4 Å². The molecule has 0 spiro atoms. The van der Waals surface area contributed by atoms with Gasteiger partial charge in [0.05, 0.1) is 0 Å². The number of aliphatic imine (C=N–C) groups is 1. The second kappa shape index (κ2) is 11.5. The molecular formula is C17H31IN4O2S2. The third-order valence-corrected chi connectivity index (χ3v) is 7.61. The van der Waals surface area contributed by atoms with Gasteiger partial charge in [0.2, 0.25) is 10.0 Å². The first-order chi connectivity index (χ1) is 11.9. The Morgan fingerprint density at radius 2 is 1.96 bits per heavy atom. The molecule has 0 saturated heterocycles. The number of hydrogen-bond donors (Lipinski definition) is 3. The van der Waals surface area contributed by atoms with Crippen LogP contribution in [0.2, 0.25) is 0 Å². The van der Waals surface area contributed by atoms with Crippen LogP contribution in [-0.2, 0) is 10.0 Å². The van der Waals surface area contributed by atoms with E-state index in [1.165, 1.54) is 24.2 Å². The predicted molar refractivity (Wildman–Crippen MR) is 120 cm³/mol. The second-order valence-corrected chi connectivity index (χ2v) is 9.77. The number of thiophene rings is 1. The van der Waals surface area contributed by atoms with Crippen molar-refractivity contribution < 1.29 is 8.42 Å². The first-order valence-corrected chi connectivity index (χ1v) is 11.3. The quantitative estimate of drug-likeness (QED) is 0.226.